The summed E-state index contributed by atoms with van der Waals surface area (Å²) in [4.78, 5) is 0. The Morgan fingerprint density at radius 3 is 2.47 bits per heavy atom. The molecule has 0 radical (unpaired) electrons. The van der Waals surface area contributed by atoms with Crippen molar-refractivity contribution < 1.29 is 13.5 Å². The van der Waals surface area contributed by atoms with Crippen molar-refractivity contribution in [3.63, 3.8) is 0 Å². The highest BCUT2D eigenvalue weighted by molar-refractivity contribution is 4.65. The van der Waals surface area contributed by atoms with Gasteiger partial charge in [0.25, 0.3) is 6.43 Å². The third-order valence-electron chi connectivity index (χ3n) is 2.36. The molecular weight excluding hydrogens is 200 g/mol. The maximum atomic E-state index is 11.7. The van der Waals surface area contributed by atoms with Crippen LogP contribution in [0.15, 0.2) is 0 Å². The maximum absolute atomic E-state index is 11.7. The average Bonchev–Trinajstić information content (AvgIpc) is 2.12. The van der Waals surface area contributed by atoms with Gasteiger partial charge in [0, 0.05) is 12.6 Å². The smallest absolute Gasteiger partial charge is 0.261 e. The fourth-order valence-corrected chi connectivity index (χ4v) is 1.65. The largest absolute Gasteiger partial charge is 0.375 e. The number of hydrogen-bond donors (Lipinski definition) is 1. The van der Waals surface area contributed by atoms with Crippen LogP contribution in [0.2, 0.25) is 0 Å². The zero-order valence-corrected chi connectivity index (χ0v) is 9.72. The molecule has 0 aromatic heterocycles. The van der Waals surface area contributed by atoms with E-state index in [1.807, 2.05) is 0 Å². The number of alkyl halides is 2. The summed E-state index contributed by atoms with van der Waals surface area (Å²) < 4.78 is 28.2. The molecule has 2 unspecified atom stereocenters. The molecule has 4 heteroatoms. The molecule has 0 spiro atoms. The third kappa shape index (κ3) is 10.1. The van der Waals surface area contributed by atoms with Gasteiger partial charge in [-0.3, -0.25) is 0 Å². The van der Waals surface area contributed by atoms with Crippen LogP contribution in [0.25, 0.3) is 0 Å². The lowest BCUT2D eigenvalue weighted by molar-refractivity contribution is 0.0148. The van der Waals surface area contributed by atoms with E-state index in [1.165, 1.54) is 6.42 Å². The van der Waals surface area contributed by atoms with Crippen LogP contribution < -0.4 is 5.73 Å². The first-order valence-corrected chi connectivity index (χ1v) is 5.67. The summed E-state index contributed by atoms with van der Waals surface area (Å²) in [6, 6.07) is 0.0734. The van der Waals surface area contributed by atoms with E-state index in [2.05, 4.69) is 13.8 Å². The summed E-state index contributed by atoms with van der Waals surface area (Å²) in [7, 11) is 0. The Labute approximate surface area is 91.2 Å². The van der Waals surface area contributed by atoms with Crippen LogP contribution in [0.1, 0.15) is 39.5 Å². The second kappa shape index (κ2) is 9.04. The minimum atomic E-state index is -2.37. The highest BCUT2D eigenvalue weighted by Crippen LogP contribution is 2.13. The number of hydrogen-bond acceptors (Lipinski definition) is 2. The topological polar surface area (TPSA) is 35.2 Å². The lowest BCUT2D eigenvalue weighted by atomic mass is 9.96. The molecule has 0 saturated carbocycles. The van der Waals surface area contributed by atoms with Gasteiger partial charge in [-0.15, -0.1) is 0 Å². The molecule has 0 aliphatic heterocycles. The van der Waals surface area contributed by atoms with Gasteiger partial charge in [0.1, 0.15) is 6.61 Å². The third-order valence-corrected chi connectivity index (χ3v) is 2.36. The van der Waals surface area contributed by atoms with Crippen LogP contribution in [0.5, 0.6) is 0 Å². The van der Waals surface area contributed by atoms with Crippen LogP contribution >= 0.6 is 0 Å². The van der Waals surface area contributed by atoms with Crippen LogP contribution in [0.4, 0.5) is 8.78 Å². The van der Waals surface area contributed by atoms with Crippen molar-refractivity contribution in [1.82, 2.24) is 0 Å². The monoisotopic (exact) mass is 223 g/mol. The van der Waals surface area contributed by atoms with Crippen molar-refractivity contribution in [3.8, 4) is 0 Å². The first-order valence-electron chi connectivity index (χ1n) is 5.67. The molecule has 0 aromatic carbocycles. The Bertz CT molecular complexity index is 145. The summed E-state index contributed by atoms with van der Waals surface area (Å²) in [5, 5.41) is 0. The highest BCUT2D eigenvalue weighted by atomic mass is 19.3. The molecule has 0 bridgehead atoms. The van der Waals surface area contributed by atoms with Gasteiger partial charge in [0.15, 0.2) is 0 Å². The van der Waals surface area contributed by atoms with Crippen LogP contribution in [-0.2, 0) is 4.74 Å². The summed E-state index contributed by atoms with van der Waals surface area (Å²) in [6.07, 6.45) is 1.58. The molecule has 2 atom stereocenters. The molecule has 0 aliphatic rings. The number of ether oxygens (including phenoxy) is 1. The second-order valence-electron chi connectivity index (χ2n) is 4.14. The van der Waals surface area contributed by atoms with Gasteiger partial charge in [0.05, 0.1) is 0 Å². The van der Waals surface area contributed by atoms with Crippen LogP contribution in [0, 0.1) is 5.92 Å². The number of nitrogens with two attached hydrogens (primary N) is 1. The van der Waals surface area contributed by atoms with Crippen molar-refractivity contribution >= 4 is 0 Å². The van der Waals surface area contributed by atoms with E-state index in [-0.39, 0.29) is 6.04 Å². The quantitative estimate of drug-likeness (QED) is 0.610. The molecule has 2 nitrogen and oxygen atoms in total. The van der Waals surface area contributed by atoms with Gasteiger partial charge in [-0.1, -0.05) is 26.7 Å². The van der Waals surface area contributed by atoms with Crippen molar-refractivity contribution in [2.24, 2.45) is 11.7 Å². The second-order valence-corrected chi connectivity index (χ2v) is 4.14. The van der Waals surface area contributed by atoms with Crippen LogP contribution in [0.3, 0.4) is 0 Å². The summed E-state index contributed by atoms with van der Waals surface area (Å²) in [5.41, 5.74) is 5.85. The number of halogens is 2. The zero-order chi connectivity index (χ0) is 11.7. The average molecular weight is 223 g/mol. The van der Waals surface area contributed by atoms with Gasteiger partial charge < -0.3 is 10.5 Å². The molecule has 0 rings (SSSR count). The molecule has 0 saturated heterocycles. The van der Waals surface area contributed by atoms with Gasteiger partial charge in [-0.2, -0.15) is 0 Å². The minimum Gasteiger partial charge on any atom is -0.375 e. The van der Waals surface area contributed by atoms with Crippen LogP contribution in [-0.4, -0.2) is 25.7 Å². The van der Waals surface area contributed by atoms with Crippen molar-refractivity contribution in [3.05, 3.63) is 0 Å². The molecule has 0 fully saturated rings. The Balaban J connectivity index is 3.36. The fraction of sp³-hybridized carbons (Fsp3) is 1.00. The molecule has 92 valence electrons. The van der Waals surface area contributed by atoms with Crippen molar-refractivity contribution in [2.75, 3.05) is 13.2 Å². The molecule has 0 amide bonds. The summed E-state index contributed by atoms with van der Waals surface area (Å²) in [6.45, 7) is 4.18. The minimum absolute atomic E-state index is 0.0734. The van der Waals surface area contributed by atoms with Crippen molar-refractivity contribution in [1.29, 1.82) is 0 Å². The Kier molecular flexibility index (Phi) is 8.91. The van der Waals surface area contributed by atoms with E-state index >= 15 is 0 Å². The molecule has 15 heavy (non-hydrogen) atoms. The standard InChI is InChI=1S/C11H23F2NO/c1-3-4-9(2)7-10(14)5-6-15-8-11(12)13/h9-11H,3-8,14H2,1-2H3. The van der Waals surface area contributed by atoms with E-state index in [4.69, 9.17) is 10.5 Å². The van der Waals surface area contributed by atoms with E-state index in [9.17, 15) is 8.78 Å². The Morgan fingerprint density at radius 1 is 1.27 bits per heavy atom. The van der Waals surface area contributed by atoms with E-state index < -0.39 is 13.0 Å². The fourth-order valence-electron chi connectivity index (χ4n) is 1.65. The molecule has 0 heterocycles. The Hall–Kier alpha value is -0.220. The highest BCUT2D eigenvalue weighted by Gasteiger charge is 2.09. The number of rotatable bonds is 9. The lowest BCUT2D eigenvalue weighted by Gasteiger charge is -2.16. The predicted octanol–water partition coefficient (Wildman–Crippen LogP) is 2.81. The van der Waals surface area contributed by atoms with E-state index in [1.54, 1.807) is 0 Å². The van der Waals surface area contributed by atoms with Gasteiger partial charge in [-0.05, 0) is 18.8 Å². The molecule has 0 aromatic rings. The SMILES string of the molecule is CCCC(C)CC(N)CCOCC(F)F. The first kappa shape index (κ1) is 14.8. The summed E-state index contributed by atoms with van der Waals surface area (Å²) >= 11 is 0. The van der Waals surface area contributed by atoms with E-state index in [0.717, 1.165) is 12.8 Å². The molecule has 0 aliphatic carbocycles. The van der Waals surface area contributed by atoms with Gasteiger partial charge in [0.2, 0.25) is 0 Å². The van der Waals surface area contributed by atoms with Gasteiger partial charge >= 0.3 is 0 Å². The van der Waals surface area contributed by atoms with E-state index in [0.29, 0.717) is 18.9 Å². The molecular formula is C11H23F2NO. The van der Waals surface area contributed by atoms with Crippen molar-refractivity contribution in [2.45, 2.75) is 52.0 Å². The van der Waals surface area contributed by atoms with Gasteiger partial charge in [-0.25, -0.2) is 8.78 Å². The normalized spacial score (nSPS) is 15.6. The molecule has 2 N–H and O–H groups in total. The summed E-state index contributed by atoms with van der Waals surface area (Å²) in [5.74, 6) is 0.611. The zero-order valence-electron chi connectivity index (χ0n) is 9.72. The maximum Gasteiger partial charge on any atom is 0.261 e. The first-order chi connectivity index (χ1) is 7.06. The lowest BCUT2D eigenvalue weighted by Crippen LogP contribution is -2.25. The Morgan fingerprint density at radius 2 is 1.93 bits per heavy atom. The predicted molar refractivity (Wildman–Crippen MR) is 58.1 cm³/mol.